The number of nitrogens with zero attached hydrogens (tertiary/aromatic N) is 4. The second-order valence-electron chi connectivity index (χ2n) is 9.34. The SMILES string of the molecule is Cc1cc(CNC(=O)[C@H]2CCCN2C(=O)[C@H]2CCCN(S(=O)(=O)N3CC(C#N)C3)C2)ccc1Cl. The molecule has 1 N–H and O–H groups in total. The predicted octanol–water partition coefficient (Wildman–Crippen LogP) is 1.67. The maximum atomic E-state index is 13.3. The number of benzene rings is 1. The number of nitriles is 1. The van der Waals surface area contributed by atoms with E-state index in [2.05, 4.69) is 11.4 Å². The van der Waals surface area contributed by atoms with Gasteiger partial charge in [0.05, 0.1) is 17.9 Å². The number of carbonyl (C=O) groups is 2. The molecule has 0 aromatic heterocycles. The molecule has 0 unspecified atom stereocenters. The molecule has 4 rings (SSSR count). The van der Waals surface area contributed by atoms with Gasteiger partial charge in [-0.15, -0.1) is 0 Å². The van der Waals surface area contributed by atoms with Crippen LogP contribution in [0.4, 0.5) is 0 Å². The summed E-state index contributed by atoms with van der Waals surface area (Å²) in [6, 6.07) is 7.13. The summed E-state index contributed by atoms with van der Waals surface area (Å²) in [6.07, 6.45) is 2.52. The van der Waals surface area contributed by atoms with Crippen molar-refractivity contribution in [2.24, 2.45) is 11.8 Å². The van der Waals surface area contributed by atoms with Crippen LogP contribution in [0.5, 0.6) is 0 Å². The number of carbonyl (C=O) groups excluding carboxylic acids is 2. The zero-order valence-corrected chi connectivity index (χ0v) is 20.8. The van der Waals surface area contributed by atoms with E-state index in [4.69, 9.17) is 16.9 Å². The Labute approximate surface area is 205 Å². The molecule has 9 nitrogen and oxygen atoms in total. The molecule has 0 radical (unpaired) electrons. The van der Waals surface area contributed by atoms with E-state index in [-0.39, 0.29) is 37.4 Å². The second kappa shape index (κ2) is 10.2. The lowest BCUT2D eigenvalue weighted by atomic mass is 9.97. The molecule has 1 aromatic rings. The maximum Gasteiger partial charge on any atom is 0.282 e. The summed E-state index contributed by atoms with van der Waals surface area (Å²) in [6.45, 7) is 3.64. The minimum absolute atomic E-state index is 0.115. The Kier molecular flexibility index (Phi) is 7.48. The van der Waals surface area contributed by atoms with Gasteiger partial charge >= 0.3 is 0 Å². The van der Waals surface area contributed by atoms with E-state index in [9.17, 15) is 18.0 Å². The summed E-state index contributed by atoms with van der Waals surface area (Å²) in [7, 11) is -3.68. The topological polar surface area (TPSA) is 114 Å². The normalized spacial score (nSPS) is 24.4. The molecule has 3 fully saturated rings. The van der Waals surface area contributed by atoms with Gasteiger partial charge in [-0.3, -0.25) is 9.59 Å². The fraction of sp³-hybridized carbons (Fsp3) is 0.609. The highest BCUT2D eigenvalue weighted by molar-refractivity contribution is 7.86. The lowest BCUT2D eigenvalue weighted by molar-refractivity contribution is -0.142. The van der Waals surface area contributed by atoms with E-state index in [1.165, 1.54) is 8.61 Å². The Hall–Kier alpha value is -2.19. The van der Waals surface area contributed by atoms with Gasteiger partial charge in [-0.2, -0.15) is 22.3 Å². The molecular formula is C23H30ClN5O4S. The Balaban J connectivity index is 1.36. The number of amides is 2. The molecule has 3 saturated heterocycles. The van der Waals surface area contributed by atoms with Crippen molar-refractivity contribution >= 4 is 33.6 Å². The number of halogens is 1. The molecule has 3 aliphatic rings. The minimum atomic E-state index is -3.68. The third-order valence-electron chi connectivity index (χ3n) is 6.94. The zero-order chi connectivity index (χ0) is 24.5. The van der Waals surface area contributed by atoms with Crippen molar-refractivity contribution in [1.82, 2.24) is 18.8 Å². The van der Waals surface area contributed by atoms with Crippen molar-refractivity contribution in [2.45, 2.75) is 45.2 Å². The first kappa shape index (κ1) is 24.9. The van der Waals surface area contributed by atoms with Crippen LogP contribution in [0.3, 0.4) is 0 Å². The molecule has 0 saturated carbocycles. The molecule has 3 heterocycles. The van der Waals surface area contributed by atoms with Gasteiger partial charge in [0.1, 0.15) is 6.04 Å². The van der Waals surface area contributed by atoms with Crippen molar-refractivity contribution < 1.29 is 18.0 Å². The van der Waals surface area contributed by atoms with Gasteiger partial charge in [0.15, 0.2) is 0 Å². The third-order valence-corrected chi connectivity index (χ3v) is 9.30. The van der Waals surface area contributed by atoms with Gasteiger partial charge in [-0.25, -0.2) is 0 Å². The lowest BCUT2D eigenvalue weighted by Gasteiger charge is -2.41. The smallest absolute Gasteiger partial charge is 0.282 e. The summed E-state index contributed by atoms with van der Waals surface area (Å²) < 4.78 is 28.5. The molecule has 0 spiro atoms. The van der Waals surface area contributed by atoms with Crippen LogP contribution in [0.15, 0.2) is 18.2 Å². The molecule has 184 valence electrons. The molecule has 34 heavy (non-hydrogen) atoms. The summed E-state index contributed by atoms with van der Waals surface area (Å²) in [5.41, 5.74) is 1.87. The molecule has 1 aromatic carbocycles. The van der Waals surface area contributed by atoms with Crippen molar-refractivity contribution in [1.29, 1.82) is 5.26 Å². The van der Waals surface area contributed by atoms with Gasteiger partial charge in [-0.1, -0.05) is 23.7 Å². The van der Waals surface area contributed by atoms with Gasteiger partial charge in [-0.05, 0) is 49.8 Å². The maximum absolute atomic E-state index is 13.3. The van der Waals surface area contributed by atoms with Crippen LogP contribution in [0.25, 0.3) is 0 Å². The standard InChI is InChI=1S/C23H30ClN5O4S/c1-16-10-17(6-7-20(16)24)12-26-22(30)21-5-3-9-29(21)23(31)19-4-2-8-27(15-19)34(32,33)28-13-18(11-25)14-28/h6-7,10,18-19,21H,2-5,8-9,12-15H2,1H3,(H,26,30)/t19-,21+/m0/s1. The molecule has 3 aliphatic heterocycles. The Morgan fingerprint density at radius 2 is 1.88 bits per heavy atom. The summed E-state index contributed by atoms with van der Waals surface area (Å²) in [4.78, 5) is 27.9. The van der Waals surface area contributed by atoms with Crippen molar-refractivity contribution in [3.63, 3.8) is 0 Å². The van der Waals surface area contributed by atoms with Crippen LogP contribution in [-0.2, 0) is 26.3 Å². The summed E-state index contributed by atoms with van der Waals surface area (Å²) in [5.74, 6) is -1.08. The molecule has 2 amide bonds. The summed E-state index contributed by atoms with van der Waals surface area (Å²) in [5, 5.41) is 12.5. The van der Waals surface area contributed by atoms with Crippen LogP contribution >= 0.6 is 11.6 Å². The van der Waals surface area contributed by atoms with E-state index >= 15 is 0 Å². The van der Waals surface area contributed by atoms with E-state index in [1.807, 2.05) is 19.1 Å². The van der Waals surface area contributed by atoms with E-state index < -0.39 is 22.2 Å². The first-order chi connectivity index (χ1) is 16.2. The van der Waals surface area contributed by atoms with Crippen molar-refractivity contribution in [3.8, 4) is 6.07 Å². The number of likely N-dealkylation sites (tertiary alicyclic amines) is 1. The molecule has 0 aliphatic carbocycles. The first-order valence-corrected chi connectivity index (χ1v) is 13.5. The van der Waals surface area contributed by atoms with Crippen molar-refractivity contribution in [2.75, 3.05) is 32.7 Å². The van der Waals surface area contributed by atoms with Gasteiger partial charge < -0.3 is 10.2 Å². The summed E-state index contributed by atoms with van der Waals surface area (Å²) >= 11 is 6.07. The number of hydrogen-bond acceptors (Lipinski definition) is 5. The van der Waals surface area contributed by atoms with Crippen LogP contribution in [0.1, 0.15) is 36.8 Å². The fourth-order valence-corrected chi connectivity index (χ4v) is 6.80. The van der Waals surface area contributed by atoms with E-state index in [1.54, 1.807) is 11.0 Å². The minimum Gasteiger partial charge on any atom is -0.350 e. The Morgan fingerprint density at radius 3 is 2.59 bits per heavy atom. The molecule has 11 heteroatoms. The predicted molar refractivity (Wildman–Crippen MR) is 127 cm³/mol. The molecule has 0 bridgehead atoms. The third kappa shape index (κ3) is 5.08. The largest absolute Gasteiger partial charge is 0.350 e. The van der Waals surface area contributed by atoms with E-state index in [0.29, 0.717) is 43.9 Å². The fourth-order valence-electron chi connectivity index (χ4n) is 4.89. The van der Waals surface area contributed by atoms with Crippen LogP contribution in [-0.4, -0.2) is 72.5 Å². The number of nitrogens with one attached hydrogen (secondary N) is 1. The highest BCUT2D eigenvalue weighted by Gasteiger charge is 2.44. The first-order valence-electron chi connectivity index (χ1n) is 11.7. The van der Waals surface area contributed by atoms with E-state index in [0.717, 1.165) is 17.5 Å². The average molecular weight is 508 g/mol. The van der Waals surface area contributed by atoms with Crippen LogP contribution < -0.4 is 5.32 Å². The molecular weight excluding hydrogens is 478 g/mol. The number of piperidine rings is 1. The Bertz CT molecular complexity index is 1100. The highest BCUT2D eigenvalue weighted by atomic mass is 35.5. The Morgan fingerprint density at radius 1 is 1.15 bits per heavy atom. The highest BCUT2D eigenvalue weighted by Crippen LogP contribution is 2.29. The number of aryl methyl sites for hydroxylation is 1. The lowest BCUT2D eigenvalue weighted by Crippen LogP contribution is -2.57. The second-order valence-corrected chi connectivity index (χ2v) is 11.7. The zero-order valence-electron chi connectivity index (χ0n) is 19.2. The number of rotatable bonds is 6. The van der Waals surface area contributed by atoms with Gasteiger partial charge in [0, 0.05) is 44.3 Å². The van der Waals surface area contributed by atoms with Crippen LogP contribution in [0.2, 0.25) is 5.02 Å². The molecule has 2 atom stereocenters. The quantitative estimate of drug-likeness (QED) is 0.629. The van der Waals surface area contributed by atoms with Crippen molar-refractivity contribution in [3.05, 3.63) is 34.3 Å². The van der Waals surface area contributed by atoms with Gasteiger partial charge in [0.2, 0.25) is 11.8 Å². The van der Waals surface area contributed by atoms with Crippen LogP contribution in [0, 0.1) is 30.1 Å². The average Bonchev–Trinajstić information content (AvgIpc) is 3.28. The van der Waals surface area contributed by atoms with Gasteiger partial charge in [0.25, 0.3) is 10.2 Å². The monoisotopic (exact) mass is 507 g/mol. The number of hydrogen-bond donors (Lipinski definition) is 1.